The normalized spacial score (nSPS) is 25.3. The van der Waals surface area contributed by atoms with E-state index in [-0.39, 0.29) is 12.8 Å². The van der Waals surface area contributed by atoms with E-state index in [9.17, 15) is 8.78 Å². The van der Waals surface area contributed by atoms with Gasteiger partial charge in [-0.1, -0.05) is 13.8 Å². The Balaban J connectivity index is 2.29. The van der Waals surface area contributed by atoms with E-state index < -0.39 is 5.92 Å². The molecule has 1 N–H and O–H groups in total. The van der Waals surface area contributed by atoms with Gasteiger partial charge in [0.2, 0.25) is 5.92 Å². The molecular formula is C11H21F2N. The topological polar surface area (TPSA) is 12.0 Å². The Labute approximate surface area is 85.3 Å². The summed E-state index contributed by atoms with van der Waals surface area (Å²) in [6.07, 6.45) is 1.33. The molecule has 1 saturated carbocycles. The van der Waals surface area contributed by atoms with E-state index in [1.807, 2.05) is 0 Å². The molecular weight excluding hydrogens is 184 g/mol. The lowest BCUT2D eigenvalue weighted by Gasteiger charge is -2.32. The summed E-state index contributed by atoms with van der Waals surface area (Å²) in [6, 6.07) is 0.721. The molecule has 1 unspecified atom stereocenters. The summed E-state index contributed by atoms with van der Waals surface area (Å²) in [5, 5.41) is 3.42. The molecule has 84 valence electrons. The zero-order valence-corrected chi connectivity index (χ0v) is 9.32. The van der Waals surface area contributed by atoms with Crippen LogP contribution in [0.1, 0.15) is 46.5 Å². The van der Waals surface area contributed by atoms with Gasteiger partial charge in [-0.15, -0.1) is 0 Å². The molecule has 1 aliphatic rings. The molecule has 1 fully saturated rings. The smallest absolute Gasteiger partial charge is 0.248 e. The predicted octanol–water partition coefficient (Wildman–Crippen LogP) is 3.20. The molecule has 0 bridgehead atoms. The third-order valence-corrected chi connectivity index (χ3v) is 3.22. The molecule has 0 aromatic heterocycles. The van der Waals surface area contributed by atoms with Crippen LogP contribution in [0.15, 0.2) is 0 Å². The van der Waals surface area contributed by atoms with Gasteiger partial charge in [0.15, 0.2) is 0 Å². The lowest BCUT2D eigenvalue weighted by molar-refractivity contribution is -0.0414. The van der Waals surface area contributed by atoms with Crippen LogP contribution >= 0.6 is 0 Å². The molecule has 1 rings (SSSR count). The maximum absolute atomic E-state index is 12.8. The number of hydrogen-bond donors (Lipinski definition) is 1. The summed E-state index contributed by atoms with van der Waals surface area (Å²) < 4.78 is 25.7. The molecule has 1 nitrogen and oxygen atoms in total. The van der Waals surface area contributed by atoms with Crippen molar-refractivity contribution >= 4 is 0 Å². The van der Waals surface area contributed by atoms with Crippen molar-refractivity contribution in [3.05, 3.63) is 0 Å². The van der Waals surface area contributed by atoms with Gasteiger partial charge in [0.1, 0.15) is 0 Å². The Bertz CT molecular complexity index is 170. The van der Waals surface area contributed by atoms with Gasteiger partial charge in [-0.05, 0) is 25.7 Å². The highest BCUT2D eigenvalue weighted by atomic mass is 19.3. The molecule has 0 aliphatic heterocycles. The lowest BCUT2D eigenvalue weighted by Crippen LogP contribution is -2.43. The second-order valence-electron chi connectivity index (χ2n) is 4.83. The second-order valence-corrected chi connectivity index (χ2v) is 4.83. The zero-order chi connectivity index (χ0) is 10.8. The highest BCUT2D eigenvalue weighted by molar-refractivity contribution is 4.83. The molecule has 0 saturated heterocycles. The fraction of sp³-hybridized carbons (Fsp3) is 1.00. The van der Waals surface area contributed by atoms with Gasteiger partial charge in [-0.3, -0.25) is 0 Å². The van der Waals surface area contributed by atoms with Crippen molar-refractivity contribution in [3.63, 3.8) is 0 Å². The monoisotopic (exact) mass is 205 g/mol. The minimum absolute atomic E-state index is 0.0511. The lowest BCUT2D eigenvalue weighted by atomic mass is 9.91. The number of rotatable bonds is 3. The molecule has 1 aliphatic carbocycles. The highest BCUT2D eigenvalue weighted by Gasteiger charge is 2.35. The van der Waals surface area contributed by atoms with E-state index in [0.29, 0.717) is 30.8 Å². The minimum Gasteiger partial charge on any atom is -0.311 e. The van der Waals surface area contributed by atoms with Crippen LogP contribution in [0, 0.1) is 5.92 Å². The van der Waals surface area contributed by atoms with Crippen molar-refractivity contribution in [2.45, 2.75) is 64.5 Å². The maximum atomic E-state index is 12.8. The van der Waals surface area contributed by atoms with Crippen molar-refractivity contribution < 1.29 is 8.78 Å². The summed E-state index contributed by atoms with van der Waals surface area (Å²) >= 11 is 0. The Morgan fingerprint density at radius 3 is 2.07 bits per heavy atom. The molecule has 1 atom stereocenters. The van der Waals surface area contributed by atoms with Crippen molar-refractivity contribution in [2.75, 3.05) is 0 Å². The number of halogens is 2. The van der Waals surface area contributed by atoms with E-state index >= 15 is 0 Å². The largest absolute Gasteiger partial charge is 0.311 e. The number of nitrogens with one attached hydrogen (secondary N) is 1. The van der Waals surface area contributed by atoms with E-state index in [1.54, 1.807) is 0 Å². The molecule has 0 radical (unpaired) electrons. The van der Waals surface area contributed by atoms with Gasteiger partial charge in [-0.2, -0.15) is 0 Å². The summed E-state index contributed by atoms with van der Waals surface area (Å²) in [5.74, 6) is -1.84. The highest BCUT2D eigenvalue weighted by Crippen LogP contribution is 2.33. The van der Waals surface area contributed by atoms with Crippen LogP contribution in [0.5, 0.6) is 0 Å². The van der Waals surface area contributed by atoms with E-state index in [4.69, 9.17) is 0 Å². The van der Waals surface area contributed by atoms with Gasteiger partial charge in [0.05, 0.1) is 0 Å². The van der Waals surface area contributed by atoms with Crippen LogP contribution in [0.2, 0.25) is 0 Å². The van der Waals surface area contributed by atoms with Crippen LogP contribution in [0.25, 0.3) is 0 Å². The first-order chi connectivity index (χ1) is 6.41. The van der Waals surface area contributed by atoms with E-state index in [1.165, 1.54) is 0 Å². The first kappa shape index (κ1) is 11.9. The molecule has 14 heavy (non-hydrogen) atoms. The standard InChI is InChI=1S/C11H21F2N/c1-8(2)9(3)14-10-4-6-11(12,13)7-5-10/h8-10,14H,4-7H2,1-3H3. The minimum atomic E-state index is -2.40. The quantitative estimate of drug-likeness (QED) is 0.746. The van der Waals surface area contributed by atoms with Crippen LogP contribution in [-0.4, -0.2) is 18.0 Å². The molecule has 0 aromatic carbocycles. The van der Waals surface area contributed by atoms with Crippen LogP contribution in [0.3, 0.4) is 0 Å². The molecule has 3 heteroatoms. The second kappa shape index (κ2) is 4.56. The predicted molar refractivity (Wildman–Crippen MR) is 54.6 cm³/mol. The summed E-state index contributed by atoms with van der Waals surface area (Å²) in [4.78, 5) is 0. The first-order valence-corrected chi connectivity index (χ1v) is 5.54. The Kier molecular flexibility index (Phi) is 3.87. The Morgan fingerprint density at radius 2 is 1.64 bits per heavy atom. The Morgan fingerprint density at radius 1 is 1.14 bits per heavy atom. The van der Waals surface area contributed by atoms with E-state index in [2.05, 4.69) is 26.1 Å². The average molecular weight is 205 g/mol. The summed E-state index contributed by atoms with van der Waals surface area (Å²) in [5.41, 5.74) is 0. The molecule has 0 spiro atoms. The van der Waals surface area contributed by atoms with Gasteiger partial charge in [0, 0.05) is 24.9 Å². The van der Waals surface area contributed by atoms with Crippen LogP contribution in [-0.2, 0) is 0 Å². The van der Waals surface area contributed by atoms with Crippen molar-refractivity contribution in [1.82, 2.24) is 5.32 Å². The van der Waals surface area contributed by atoms with Gasteiger partial charge < -0.3 is 5.32 Å². The Hall–Kier alpha value is -0.180. The maximum Gasteiger partial charge on any atom is 0.248 e. The van der Waals surface area contributed by atoms with Crippen molar-refractivity contribution in [3.8, 4) is 0 Å². The van der Waals surface area contributed by atoms with Crippen molar-refractivity contribution in [2.24, 2.45) is 5.92 Å². The number of hydrogen-bond acceptors (Lipinski definition) is 1. The van der Waals surface area contributed by atoms with Gasteiger partial charge >= 0.3 is 0 Å². The fourth-order valence-electron chi connectivity index (χ4n) is 1.77. The SMILES string of the molecule is CC(C)C(C)NC1CCC(F)(F)CC1. The first-order valence-electron chi connectivity index (χ1n) is 5.54. The number of alkyl halides is 2. The third-order valence-electron chi connectivity index (χ3n) is 3.22. The molecule has 0 amide bonds. The van der Waals surface area contributed by atoms with E-state index in [0.717, 1.165) is 0 Å². The van der Waals surface area contributed by atoms with Crippen LogP contribution in [0.4, 0.5) is 8.78 Å². The van der Waals surface area contributed by atoms with Crippen molar-refractivity contribution in [1.29, 1.82) is 0 Å². The van der Waals surface area contributed by atoms with Gasteiger partial charge in [0.25, 0.3) is 0 Å². The van der Waals surface area contributed by atoms with Gasteiger partial charge in [-0.25, -0.2) is 8.78 Å². The summed E-state index contributed by atoms with van der Waals surface area (Å²) in [6.45, 7) is 6.42. The zero-order valence-electron chi connectivity index (χ0n) is 9.32. The van der Waals surface area contributed by atoms with Crippen LogP contribution < -0.4 is 5.32 Å². The average Bonchev–Trinajstić information content (AvgIpc) is 2.08. The fourth-order valence-corrected chi connectivity index (χ4v) is 1.77. The molecule has 0 aromatic rings. The molecule has 0 heterocycles. The third kappa shape index (κ3) is 3.52. The summed E-state index contributed by atoms with van der Waals surface area (Å²) in [7, 11) is 0.